The molecule has 1 aliphatic carbocycles. The molecule has 6 heteroatoms. The van der Waals surface area contributed by atoms with E-state index in [-0.39, 0.29) is 17.0 Å². The first-order valence-corrected chi connectivity index (χ1v) is 7.07. The molecular weight excluding hydrogens is 301 g/mol. The van der Waals surface area contributed by atoms with Gasteiger partial charge in [-0.05, 0) is 31.9 Å². The number of hydrogen-bond donors (Lipinski definition) is 0. The number of hydrogen-bond acceptors (Lipinski definition) is 3. The normalized spacial score (nSPS) is 15.6. The number of carbonyl (C=O) groups excluding carboxylic acids is 2. The molecule has 1 saturated carbocycles. The second-order valence-electron chi connectivity index (χ2n) is 4.74. The molecule has 0 aliphatic heterocycles. The lowest BCUT2D eigenvalue weighted by molar-refractivity contribution is -0.145. The molecule has 1 aromatic carbocycles. The summed E-state index contributed by atoms with van der Waals surface area (Å²) in [6.07, 6.45) is 1.76. The van der Waals surface area contributed by atoms with Crippen LogP contribution in [0.3, 0.4) is 0 Å². The quantitative estimate of drug-likeness (QED) is 0.802. The second kappa shape index (κ2) is 6.02. The first-order valence-electron chi connectivity index (χ1n) is 6.32. The van der Waals surface area contributed by atoms with Gasteiger partial charge in [0.15, 0.2) is 0 Å². The number of rotatable bonds is 4. The summed E-state index contributed by atoms with van der Waals surface area (Å²) in [5, 5.41) is 0.529. The Bertz CT molecular complexity index is 543. The Morgan fingerprint density at radius 2 is 2.00 bits per heavy atom. The molecular formula is C14H15Cl2NO3. The fraction of sp³-hybridized carbons (Fsp3) is 0.429. The van der Waals surface area contributed by atoms with E-state index in [4.69, 9.17) is 27.9 Å². The van der Waals surface area contributed by atoms with Crippen LogP contribution in [0.15, 0.2) is 18.2 Å². The lowest BCUT2D eigenvalue weighted by Gasteiger charge is -2.27. The van der Waals surface area contributed by atoms with Crippen molar-refractivity contribution in [3.05, 3.63) is 33.8 Å². The second-order valence-corrected chi connectivity index (χ2v) is 5.53. The van der Waals surface area contributed by atoms with Crippen molar-refractivity contribution in [2.45, 2.75) is 31.8 Å². The van der Waals surface area contributed by atoms with Gasteiger partial charge in [-0.25, -0.2) is 4.79 Å². The molecule has 0 radical (unpaired) electrons. The summed E-state index contributed by atoms with van der Waals surface area (Å²) in [6.45, 7) is 1.65. The number of carbonyl (C=O) groups is 2. The summed E-state index contributed by atoms with van der Waals surface area (Å²) in [4.78, 5) is 25.9. The van der Waals surface area contributed by atoms with E-state index in [9.17, 15) is 9.59 Å². The van der Waals surface area contributed by atoms with Crippen molar-refractivity contribution in [1.82, 2.24) is 4.90 Å². The highest BCUT2D eigenvalue weighted by atomic mass is 35.5. The van der Waals surface area contributed by atoms with E-state index in [1.807, 2.05) is 0 Å². The Hall–Kier alpha value is -1.26. The minimum atomic E-state index is -0.643. The lowest BCUT2D eigenvalue weighted by atomic mass is 10.1. The van der Waals surface area contributed by atoms with Gasteiger partial charge < -0.3 is 9.64 Å². The van der Waals surface area contributed by atoms with Crippen molar-refractivity contribution in [3.8, 4) is 0 Å². The third-order valence-corrected chi connectivity index (χ3v) is 4.14. The number of amides is 1. The van der Waals surface area contributed by atoms with Crippen LogP contribution < -0.4 is 0 Å². The van der Waals surface area contributed by atoms with Crippen LogP contribution in [0.2, 0.25) is 10.0 Å². The van der Waals surface area contributed by atoms with Crippen LogP contribution in [-0.2, 0) is 9.53 Å². The summed E-state index contributed by atoms with van der Waals surface area (Å²) in [7, 11) is 1.31. The van der Waals surface area contributed by atoms with Gasteiger partial charge in [0.2, 0.25) is 0 Å². The Morgan fingerprint density at radius 3 is 2.55 bits per heavy atom. The van der Waals surface area contributed by atoms with Gasteiger partial charge in [-0.1, -0.05) is 29.3 Å². The Morgan fingerprint density at radius 1 is 1.35 bits per heavy atom. The van der Waals surface area contributed by atoms with Gasteiger partial charge in [0.1, 0.15) is 6.04 Å². The molecule has 0 spiro atoms. The fourth-order valence-electron chi connectivity index (χ4n) is 2.10. The summed E-state index contributed by atoms with van der Waals surface area (Å²) < 4.78 is 4.72. The van der Waals surface area contributed by atoms with Crippen molar-refractivity contribution in [2.75, 3.05) is 7.11 Å². The summed E-state index contributed by atoms with van der Waals surface area (Å²) in [5.41, 5.74) is 0.307. The maximum absolute atomic E-state index is 12.6. The molecule has 1 aromatic rings. The SMILES string of the molecule is COC(=O)C(C)N(C(=O)c1cccc(Cl)c1Cl)C1CC1. The van der Waals surface area contributed by atoms with Gasteiger partial charge in [-0.3, -0.25) is 4.79 Å². The number of nitrogens with zero attached hydrogens (tertiary/aromatic N) is 1. The number of benzene rings is 1. The predicted molar refractivity (Wildman–Crippen MR) is 77.1 cm³/mol. The van der Waals surface area contributed by atoms with Crippen LogP contribution in [0.1, 0.15) is 30.1 Å². The highest BCUT2D eigenvalue weighted by Crippen LogP contribution is 2.33. The zero-order valence-electron chi connectivity index (χ0n) is 11.2. The van der Waals surface area contributed by atoms with E-state index >= 15 is 0 Å². The lowest BCUT2D eigenvalue weighted by Crippen LogP contribution is -2.45. The molecule has 0 bridgehead atoms. The van der Waals surface area contributed by atoms with Crippen molar-refractivity contribution in [3.63, 3.8) is 0 Å². The van der Waals surface area contributed by atoms with Gasteiger partial charge >= 0.3 is 5.97 Å². The summed E-state index contributed by atoms with van der Waals surface area (Å²) >= 11 is 12.0. The smallest absolute Gasteiger partial charge is 0.328 e. The molecule has 0 N–H and O–H groups in total. The molecule has 2 rings (SSSR count). The van der Waals surface area contributed by atoms with Crippen LogP contribution in [-0.4, -0.2) is 36.0 Å². The van der Waals surface area contributed by atoms with Crippen LogP contribution in [0.4, 0.5) is 0 Å². The highest BCUT2D eigenvalue weighted by molar-refractivity contribution is 6.43. The van der Waals surface area contributed by atoms with Crippen molar-refractivity contribution < 1.29 is 14.3 Å². The largest absolute Gasteiger partial charge is 0.467 e. The Kier molecular flexibility index (Phi) is 4.55. The molecule has 108 valence electrons. The minimum absolute atomic E-state index is 0.0617. The average Bonchev–Trinajstić information content (AvgIpc) is 3.25. The molecule has 1 fully saturated rings. The maximum Gasteiger partial charge on any atom is 0.328 e. The number of ether oxygens (including phenoxy) is 1. The van der Waals surface area contributed by atoms with Gasteiger partial charge in [0.05, 0.1) is 22.7 Å². The number of methoxy groups -OCH3 is 1. The molecule has 20 heavy (non-hydrogen) atoms. The maximum atomic E-state index is 12.6. The molecule has 1 amide bonds. The van der Waals surface area contributed by atoms with Crippen LogP contribution in [0.5, 0.6) is 0 Å². The van der Waals surface area contributed by atoms with Gasteiger partial charge in [-0.2, -0.15) is 0 Å². The molecule has 0 saturated heterocycles. The first kappa shape index (κ1) is 15.1. The van der Waals surface area contributed by atoms with Crippen LogP contribution in [0.25, 0.3) is 0 Å². The Labute approximate surface area is 127 Å². The fourth-order valence-corrected chi connectivity index (χ4v) is 2.48. The summed E-state index contributed by atoms with van der Waals surface area (Å²) in [6, 6.07) is 4.30. The van der Waals surface area contributed by atoms with Crippen molar-refractivity contribution in [2.24, 2.45) is 0 Å². The third-order valence-electron chi connectivity index (χ3n) is 3.32. The van der Waals surface area contributed by atoms with Crippen molar-refractivity contribution in [1.29, 1.82) is 0 Å². The first-order chi connectivity index (χ1) is 9.47. The summed E-state index contributed by atoms with van der Waals surface area (Å²) in [5.74, 6) is -0.735. The highest BCUT2D eigenvalue weighted by Gasteiger charge is 2.39. The molecule has 1 aliphatic rings. The molecule has 0 aromatic heterocycles. The Balaban J connectivity index is 2.32. The molecule has 4 nitrogen and oxygen atoms in total. The van der Waals surface area contributed by atoms with Crippen molar-refractivity contribution >= 4 is 35.1 Å². The standard InChI is InChI=1S/C14H15Cl2NO3/c1-8(14(19)20-2)17(9-6-7-9)13(18)10-4-3-5-11(15)12(10)16/h3-5,8-9H,6-7H2,1-2H3. The minimum Gasteiger partial charge on any atom is -0.467 e. The molecule has 0 heterocycles. The van der Waals surface area contributed by atoms with E-state index in [2.05, 4.69) is 0 Å². The number of halogens is 2. The zero-order chi connectivity index (χ0) is 14.9. The van der Waals surface area contributed by atoms with E-state index in [1.54, 1.807) is 25.1 Å². The van der Waals surface area contributed by atoms with E-state index in [0.29, 0.717) is 10.6 Å². The molecule has 1 unspecified atom stereocenters. The van der Waals surface area contributed by atoms with Gasteiger partial charge in [0.25, 0.3) is 5.91 Å². The van der Waals surface area contributed by atoms with E-state index in [0.717, 1.165) is 12.8 Å². The monoisotopic (exact) mass is 315 g/mol. The van der Waals surface area contributed by atoms with Gasteiger partial charge in [-0.15, -0.1) is 0 Å². The van der Waals surface area contributed by atoms with E-state index < -0.39 is 12.0 Å². The molecule has 1 atom stereocenters. The number of esters is 1. The predicted octanol–water partition coefficient (Wildman–Crippen LogP) is 3.16. The zero-order valence-corrected chi connectivity index (χ0v) is 12.7. The topological polar surface area (TPSA) is 46.6 Å². The third kappa shape index (κ3) is 2.91. The van der Waals surface area contributed by atoms with Crippen LogP contribution >= 0.6 is 23.2 Å². The average molecular weight is 316 g/mol. The van der Waals surface area contributed by atoms with E-state index in [1.165, 1.54) is 12.0 Å². The van der Waals surface area contributed by atoms with Crippen LogP contribution in [0, 0.1) is 0 Å². The van der Waals surface area contributed by atoms with Gasteiger partial charge in [0, 0.05) is 6.04 Å².